The second-order valence-corrected chi connectivity index (χ2v) is 6.90. The molecule has 1 amide bonds. The van der Waals surface area contributed by atoms with Crippen LogP contribution in [0.1, 0.15) is 21.6 Å². The van der Waals surface area contributed by atoms with E-state index in [9.17, 15) is 4.79 Å². The Morgan fingerprint density at radius 2 is 1.70 bits per heavy atom. The Balaban J connectivity index is 1.80. The average Bonchev–Trinajstić information content (AvgIpc) is 2.94. The number of halogens is 1. The second kappa shape index (κ2) is 5.85. The van der Waals surface area contributed by atoms with Crippen molar-refractivity contribution in [1.82, 2.24) is 4.57 Å². The Morgan fingerprint density at radius 3 is 2.52 bits per heavy atom. The van der Waals surface area contributed by atoms with Crippen LogP contribution in [0.2, 0.25) is 0 Å². The largest absolute Gasteiger partial charge is 0.345 e. The smallest absolute Gasteiger partial charge is 0.258 e. The molecule has 0 fully saturated rings. The summed E-state index contributed by atoms with van der Waals surface area (Å²) < 4.78 is 3.34. The number of para-hydroxylation sites is 1. The Labute approximate surface area is 148 Å². The number of aromatic nitrogens is 1. The predicted octanol–water partition coefficient (Wildman–Crippen LogP) is 4.30. The normalized spacial score (nSPS) is 13.2. The second-order valence-electron chi connectivity index (χ2n) is 5.65. The highest BCUT2D eigenvalue weighted by molar-refractivity contribution is 14.1. The van der Waals surface area contributed by atoms with Crippen LogP contribution in [-0.2, 0) is 13.1 Å². The third kappa shape index (κ3) is 2.67. The number of hydrogen-bond donors (Lipinski definition) is 0. The molecule has 2 heterocycles. The lowest BCUT2D eigenvalue weighted by Gasteiger charge is -2.22. The molecule has 0 saturated heterocycles. The topological polar surface area (TPSA) is 25.2 Å². The van der Waals surface area contributed by atoms with E-state index in [1.54, 1.807) is 0 Å². The summed E-state index contributed by atoms with van der Waals surface area (Å²) in [5.41, 5.74) is 4.04. The van der Waals surface area contributed by atoms with Crippen LogP contribution in [-0.4, -0.2) is 10.5 Å². The first kappa shape index (κ1) is 14.5. The van der Waals surface area contributed by atoms with Gasteiger partial charge in [0.1, 0.15) is 0 Å². The number of carbonyl (C=O) groups is 1. The maximum Gasteiger partial charge on any atom is 0.258 e. The highest BCUT2D eigenvalue weighted by Gasteiger charge is 2.24. The van der Waals surface area contributed by atoms with Crippen LogP contribution >= 0.6 is 22.6 Å². The molecule has 0 spiro atoms. The molecular weight excluding hydrogens is 399 g/mol. The summed E-state index contributed by atoms with van der Waals surface area (Å²) in [7, 11) is 0. The highest BCUT2D eigenvalue weighted by atomic mass is 127. The molecule has 0 N–H and O–H groups in total. The van der Waals surface area contributed by atoms with Crippen molar-refractivity contribution >= 4 is 34.2 Å². The molecule has 1 aliphatic rings. The number of nitrogens with zero attached hydrogens (tertiary/aromatic N) is 2. The van der Waals surface area contributed by atoms with E-state index >= 15 is 0 Å². The molecular formula is C19H15IN2O. The van der Waals surface area contributed by atoms with E-state index in [-0.39, 0.29) is 5.91 Å². The Hall–Kier alpha value is -2.08. The number of anilines is 1. The van der Waals surface area contributed by atoms with Gasteiger partial charge in [-0.05, 0) is 70.6 Å². The first-order valence-corrected chi connectivity index (χ1v) is 8.59. The molecule has 4 rings (SSSR count). The zero-order valence-electron chi connectivity index (χ0n) is 12.4. The summed E-state index contributed by atoms with van der Waals surface area (Å²) >= 11 is 2.25. The maximum absolute atomic E-state index is 13.1. The first-order valence-electron chi connectivity index (χ1n) is 7.52. The molecule has 114 valence electrons. The van der Waals surface area contributed by atoms with E-state index < -0.39 is 0 Å². The van der Waals surface area contributed by atoms with Gasteiger partial charge in [0.2, 0.25) is 0 Å². The van der Waals surface area contributed by atoms with Gasteiger partial charge in [-0.1, -0.05) is 18.2 Å². The van der Waals surface area contributed by atoms with Crippen LogP contribution in [0.15, 0.2) is 66.9 Å². The molecule has 3 nitrogen and oxygen atoms in total. The minimum atomic E-state index is 0.0449. The Morgan fingerprint density at radius 1 is 0.913 bits per heavy atom. The van der Waals surface area contributed by atoms with Crippen LogP contribution < -0.4 is 4.90 Å². The Kier molecular flexibility index (Phi) is 3.69. The number of carbonyl (C=O) groups excluding carboxylic acids is 1. The summed E-state index contributed by atoms with van der Waals surface area (Å²) in [6.07, 6.45) is 2.07. The van der Waals surface area contributed by atoms with E-state index in [1.165, 1.54) is 5.56 Å². The standard InChI is InChI=1S/C19H15IN2O/c20-16-9-7-14(8-10-16)19(23)22-13-17-5-3-11-21(17)12-15-4-1-2-6-18(15)22/h1-11H,12-13H2. The number of amides is 1. The fourth-order valence-electron chi connectivity index (χ4n) is 3.02. The van der Waals surface area contributed by atoms with Crippen molar-refractivity contribution in [3.05, 3.63) is 87.3 Å². The van der Waals surface area contributed by atoms with E-state index in [0.717, 1.165) is 27.1 Å². The lowest BCUT2D eigenvalue weighted by atomic mass is 10.1. The van der Waals surface area contributed by atoms with Crippen molar-refractivity contribution < 1.29 is 4.79 Å². The van der Waals surface area contributed by atoms with Gasteiger partial charge in [-0.25, -0.2) is 0 Å². The lowest BCUT2D eigenvalue weighted by Crippen LogP contribution is -2.30. The quantitative estimate of drug-likeness (QED) is 0.546. The van der Waals surface area contributed by atoms with E-state index in [0.29, 0.717) is 6.54 Å². The monoisotopic (exact) mass is 414 g/mol. The maximum atomic E-state index is 13.1. The molecule has 0 unspecified atom stereocenters. The number of hydrogen-bond acceptors (Lipinski definition) is 1. The average molecular weight is 414 g/mol. The van der Waals surface area contributed by atoms with Gasteiger partial charge in [-0.15, -0.1) is 0 Å². The van der Waals surface area contributed by atoms with Crippen molar-refractivity contribution in [1.29, 1.82) is 0 Å². The van der Waals surface area contributed by atoms with Crippen molar-refractivity contribution in [2.45, 2.75) is 13.1 Å². The van der Waals surface area contributed by atoms with E-state index in [4.69, 9.17) is 0 Å². The zero-order valence-corrected chi connectivity index (χ0v) is 14.6. The van der Waals surface area contributed by atoms with Crippen molar-refractivity contribution in [2.24, 2.45) is 0 Å². The minimum Gasteiger partial charge on any atom is -0.345 e. The van der Waals surface area contributed by atoms with Crippen molar-refractivity contribution in [3.63, 3.8) is 0 Å². The molecule has 4 heteroatoms. The first-order chi connectivity index (χ1) is 11.2. The van der Waals surface area contributed by atoms with Crippen LogP contribution in [0.25, 0.3) is 0 Å². The lowest BCUT2D eigenvalue weighted by molar-refractivity contribution is 0.0985. The van der Waals surface area contributed by atoms with Crippen LogP contribution in [0, 0.1) is 3.57 Å². The van der Waals surface area contributed by atoms with Gasteiger partial charge in [0.05, 0.1) is 6.54 Å². The van der Waals surface area contributed by atoms with Crippen LogP contribution in [0.4, 0.5) is 5.69 Å². The molecule has 0 aliphatic carbocycles. The molecule has 1 aliphatic heterocycles. The highest BCUT2D eigenvalue weighted by Crippen LogP contribution is 2.29. The summed E-state index contributed by atoms with van der Waals surface area (Å²) in [6, 6.07) is 20.0. The van der Waals surface area contributed by atoms with Gasteiger partial charge in [-0.3, -0.25) is 4.79 Å². The fourth-order valence-corrected chi connectivity index (χ4v) is 3.37. The Bertz CT molecular complexity index is 867. The van der Waals surface area contributed by atoms with Gasteiger partial charge in [0.15, 0.2) is 0 Å². The number of rotatable bonds is 1. The summed E-state index contributed by atoms with van der Waals surface area (Å²) in [6.45, 7) is 1.39. The van der Waals surface area contributed by atoms with E-state index in [1.807, 2.05) is 53.4 Å². The molecule has 2 aromatic carbocycles. The van der Waals surface area contributed by atoms with Gasteiger partial charge >= 0.3 is 0 Å². The van der Waals surface area contributed by atoms with Crippen molar-refractivity contribution in [2.75, 3.05) is 4.90 Å². The molecule has 23 heavy (non-hydrogen) atoms. The van der Waals surface area contributed by atoms with Gasteiger partial charge in [-0.2, -0.15) is 0 Å². The molecule has 0 radical (unpaired) electrons. The van der Waals surface area contributed by atoms with E-state index in [2.05, 4.69) is 45.5 Å². The summed E-state index contributed by atoms with van der Waals surface area (Å²) in [5.74, 6) is 0.0449. The molecule has 1 aromatic heterocycles. The van der Waals surface area contributed by atoms with Gasteiger partial charge in [0, 0.05) is 33.3 Å². The molecule has 0 saturated carbocycles. The van der Waals surface area contributed by atoms with Crippen molar-refractivity contribution in [3.8, 4) is 0 Å². The zero-order chi connectivity index (χ0) is 15.8. The third-order valence-electron chi connectivity index (χ3n) is 4.20. The third-order valence-corrected chi connectivity index (χ3v) is 4.92. The van der Waals surface area contributed by atoms with Gasteiger partial charge in [0.25, 0.3) is 5.91 Å². The number of benzene rings is 2. The summed E-state index contributed by atoms with van der Waals surface area (Å²) in [5, 5.41) is 0. The van der Waals surface area contributed by atoms with Gasteiger partial charge < -0.3 is 9.47 Å². The number of fused-ring (bicyclic) bond motifs is 2. The molecule has 0 bridgehead atoms. The molecule has 0 atom stereocenters. The predicted molar refractivity (Wildman–Crippen MR) is 99.6 cm³/mol. The minimum absolute atomic E-state index is 0.0449. The van der Waals surface area contributed by atoms with Crippen LogP contribution in [0.5, 0.6) is 0 Å². The summed E-state index contributed by atoms with van der Waals surface area (Å²) in [4.78, 5) is 15.0. The fraction of sp³-hybridized carbons (Fsp3) is 0.105. The SMILES string of the molecule is O=C(c1ccc(I)cc1)N1Cc2cccn2Cc2ccccc21. The molecule has 3 aromatic rings. The van der Waals surface area contributed by atoms with Crippen LogP contribution in [0.3, 0.4) is 0 Å².